The average Bonchev–Trinajstić information content (AvgIpc) is 2.60. The molecule has 0 fully saturated rings. The van der Waals surface area contributed by atoms with Crippen LogP contribution < -0.4 is 0 Å². The van der Waals surface area contributed by atoms with Crippen LogP contribution in [0.25, 0.3) is 5.76 Å². The number of carbonyl (C=O) groups is 2. The zero-order valence-electron chi connectivity index (χ0n) is 12.9. The number of ether oxygens (including phenoxy) is 1. The van der Waals surface area contributed by atoms with Crippen molar-refractivity contribution < 1.29 is 14.3 Å². The molecule has 1 aliphatic heterocycles. The number of hydrogen-bond donors (Lipinski definition) is 0. The fourth-order valence-electron chi connectivity index (χ4n) is 3.14. The van der Waals surface area contributed by atoms with Crippen LogP contribution in [0.3, 0.4) is 0 Å². The molecule has 2 aromatic carbocycles. The third-order valence-corrected chi connectivity index (χ3v) is 4.56. The number of halogens is 1. The molecule has 0 spiro atoms. The van der Waals surface area contributed by atoms with E-state index in [9.17, 15) is 9.59 Å². The lowest BCUT2D eigenvalue weighted by Crippen LogP contribution is -2.30. The summed E-state index contributed by atoms with van der Waals surface area (Å²) >= 11 is 5.92. The van der Waals surface area contributed by atoms with Crippen molar-refractivity contribution in [3.63, 3.8) is 0 Å². The lowest BCUT2D eigenvalue weighted by Gasteiger charge is -2.29. The van der Waals surface area contributed by atoms with Crippen molar-refractivity contribution in [3.05, 3.63) is 87.5 Å². The molecular weight excluding hydrogens is 324 g/mol. The lowest BCUT2D eigenvalue weighted by molar-refractivity contribution is 0.0938. The van der Waals surface area contributed by atoms with E-state index < -0.39 is 6.10 Å². The number of Topliss-reactive ketones (excluding diaryl/α,β-unsaturated/α-hetero) is 2. The van der Waals surface area contributed by atoms with Crippen LogP contribution in [0, 0.1) is 0 Å². The van der Waals surface area contributed by atoms with Crippen molar-refractivity contribution in [2.75, 3.05) is 0 Å². The molecule has 1 atom stereocenters. The number of benzene rings is 2. The smallest absolute Gasteiger partial charge is 0.194 e. The van der Waals surface area contributed by atoms with Crippen LogP contribution in [0.2, 0.25) is 5.02 Å². The standard InChI is InChI=1S/C20H13ClO3/c1-11-18-16(10-17(24-11)12-6-8-13(21)9-7-12)19(22)14-4-2-3-5-15(14)20(18)23/h2-11H,1H3. The third-order valence-electron chi connectivity index (χ3n) is 4.31. The molecule has 1 unspecified atom stereocenters. The highest BCUT2D eigenvalue weighted by Crippen LogP contribution is 2.36. The fraction of sp³-hybridized carbons (Fsp3) is 0.100. The molecule has 24 heavy (non-hydrogen) atoms. The van der Waals surface area contributed by atoms with Crippen LogP contribution in [0.4, 0.5) is 0 Å². The van der Waals surface area contributed by atoms with Crippen molar-refractivity contribution in [2.24, 2.45) is 0 Å². The van der Waals surface area contributed by atoms with Gasteiger partial charge < -0.3 is 4.74 Å². The molecule has 4 heteroatoms. The van der Waals surface area contributed by atoms with Crippen LogP contribution >= 0.6 is 11.6 Å². The van der Waals surface area contributed by atoms with Gasteiger partial charge in [-0.2, -0.15) is 0 Å². The molecule has 0 saturated heterocycles. The van der Waals surface area contributed by atoms with Gasteiger partial charge in [-0.25, -0.2) is 0 Å². The molecule has 1 aliphatic carbocycles. The van der Waals surface area contributed by atoms with Gasteiger partial charge in [-0.3, -0.25) is 9.59 Å². The van der Waals surface area contributed by atoms with Crippen molar-refractivity contribution in [1.82, 2.24) is 0 Å². The maximum absolute atomic E-state index is 12.8. The summed E-state index contributed by atoms with van der Waals surface area (Å²) in [6.07, 6.45) is 1.18. The molecule has 0 bridgehead atoms. The molecule has 118 valence electrons. The van der Waals surface area contributed by atoms with E-state index in [2.05, 4.69) is 0 Å². The Morgan fingerprint density at radius 1 is 0.917 bits per heavy atom. The SMILES string of the molecule is CC1OC(c2ccc(Cl)cc2)=CC2=C1C(=O)c1ccccc1C2=O. The fourth-order valence-corrected chi connectivity index (χ4v) is 3.27. The van der Waals surface area contributed by atoms with E-state index >= 15 is 0 Å². The number of hydrogen-bond acceptors (Lipinski definition) is 3. The number of carbonyl (C=O) groups excluding carboxylic acids is 2. The van der Waals surface area contributed by atoms with Crippen molar-refractivity contribution >= 4 is 28.9 Å². The Morgan fingerprint density at radius 3 is 2.21 bits per heavy atom. The van der Waals surface area contributed by atoms with Gasteiger partial charge in [0.15, 0.2) is 11.6 Å². The Labute approximate surface area is 144 Å². The van der Waals surface area contributed by atoms with Gasteiger partial charge >= 0.3 is 0 Å². The molecule has 0 aromatic heterocycles. The van der Waals surface area contributed by atoms with E-state index in [1.54, 1.807) is 49.4 Å². The predicted octanol–water partition coefficient (Wildman–Crippen LogP) is 4.48. The van der Waals surface area contributed by atoms with Crippen LogP contribution in [-0.4, -0.2) is 17.7 Å². The minimum absolute atomic E-state index is 0.137. The minimum Gasteiger partial charge on any atom is -0.485 e. The summed E-state index contributed by atoms with van der Waals surface area (Å²) < 4.78 is 5.90. The van der Waals surface area contributed by atoms with E-state index in [1.807, 2.05) is 12.1 Å². The van der Waals surface area contributed by atoms with Crippen LogP contribution in [0.1, 0.15) is 33.2 Å². The number of fused-ring (bicyclic) bond motifs is 1. The van der Waals surface area contributed by atoms with Crippen molar-refractivity contribution in [3.8, 4) is 0 Å². The normalized spacial score (nSPS) is 19.4. The summed E-state index contributed by atoms with van der Waals surface area (Å²) in [6.45, 7) is 1.79. The van der Waals surface area contributed by atoms with Gasteiger partial charge in [0.1, 0.15) is 11.9 Å². The lowest BCUT2D eigenvalue weighted by atomic mass is 9.80. The third kappa shape index (κ3) is 2.21. The molecule has 4 rings (SSSR count). The monoisotopic (exact) mass is 336 g/mol. The molecule has 0 amide bonds. The number of allylic oxidation sites excluding steroid dienone is 2. The molecule has 3 nitrogen and oxygen atoms in total. The van der Waals surface area contributed by atoms with Crippen molar-refractivity contribution in [1.29, 1.82) is 0 Å². The molecule has 1 heterocycles. The minimum atomic E-state index is -0.486. The Hall–Kier alpha value is -2.65. The maximum atomic E-state index is 12.8. The van der Waals surface area contributed by atoms with Gasteiger partial charge in [0.2, 0.25) is 0 Å². The zero-order chi connectivity index (χ0) is 16.8. The highest BCUT2D eigenvalue weighted by molar-refractivity contribution is 6.30. The van der Waals surface area contributed by atoms with Crippen LogP contribution in [-0.2, 0) is 4.74 Å². The highest BCUT2D eigenvalue weighted by atomic mass is 35.5. The average molecular weight is 337 g/mol. The van der Waals surface area contributed by atoms with E-state index in [0.717, 1.165) is 5.56 Å². The predicted molar refractivity (Wildman–Crippen MR) is 92.1 cm³/mol. The Bertz CT molecular complexity index is 936. The number of ketones is 2. The van der Waals surface area contributed by atoms with Gasteiger partial charge in [0, 0.05) is 27.3 Å². The van der Waals surface area contributed by atoms with Gasteiger partial charge in [0.05, 0.1) is 5.57 Å². The summed E-state index contributed by atoms with van der Waals surface area (Å²) in [6, 6.07) is 14.1. The summed E-state index contributed by atoms with van der Waals surface area (Å²) in [5.41, 5.74) is 2.55. The summed E-state index contributed by atoms with van der Waals surface area (Å²) in [5, 5.41) is 0.626. The molecule has 2 aromatic rings. The van der Waals surface area contributed by atoms with E-state index in [-0.39, 0.29) is 11.6 Å². The highest BCUT2D eigenvalue weighted by Gasteiger charge is 2.37. The molecule has 0 radical (unpaired) electrons. The van der Waals surface area contributed by atoms with E-state index in [1.165, 1.54) is 0 Å². The first-order valence-corrected chi connectivity index (χ1v) is 8.01. The second-order valence-electron chi connectivity index (χ2n) is 5.81. The van der Waals surface area contributed by atoms with Gasteiger partial charge in [-0.1, -0.05) is 35.9 Å². The van der Waals surface area contributed by atoms with Crippen molar-refractivity contribution in [2.45, 2.75) is 13.0 Å². The summed E-state index contributed by atoms with van der Waals surface area (Å²) in [4.78, 5) is 25.6. The summed E-state index contributed by atoms with van der Waals surface area (Å²) in [5.74, 6) is 0.291. The second-order valence-corrected chi connectivity index (χ2v) is 6.24. The largest absolute Gasteiger partial charge is 0.485 e. The maximum Gasteiger partial charge on any atom is 0.194 e. The topological polar surface area (TPSA) is 43.4 Å². The Morgan fingerprint density at radius 2 is 1.54 bits per heavy atom. The first-order valence-electron chi connectivity index (χ1n) is 7.63. The van der Waals surface area contributed by atoms with Gasteiger partial charge in [-0.05, 0) is 37.3 Å². The van der Waals surface area contributed by atoms with Crippen LogP contribution in [0.5, 0.6) is 0 Å². The quantitative estimate of drug-likeness (QED) is 0.771. The summed E-state index contributed by atoms with van der Waals surface area (Å²) in [7, 11) is 0. The van der Waals surface area contributed by atoms with Crippen LogP contribution in [0.15, 0.2) is 65.8 Å². The molecule has 0 saturated carbocycles. The number of rotatable bonds is 1. The first-order chi connectivity index (χ1) is 11.6. The second kappa shape index (κ2) is 5.46. The van der Waals surface area contributed by atoms with E-state index in [0.29, 0.717) is 33.1 Å². The molecule has 2 aliphatic rings. The van der Waals surface area contributed by atoms with Gasteiger partial charge in [-0.15, -0.1) is 0 Å². The Kier molecular flexibility index (Phi) is 3.39. The van der Waals surface area contributed by atoms with E-state index in [4.69, 9.17) is 16.3 Å². The van der Waals surface area contributed by atoms with Gasteiger partial charge in [0.25, 0.3) is 0 Å². The Balaban J connectivity index is 1.86. The molecular formula is C20H13ClO3. The molecule has 0 N–H and O–H groups in total. The zero-order valence-corrected chi connectivity index (χ0v) is 13.6. The first kappa shape index (κ1) is 14.9.